The highest BCUT2D eigenvalue weighted by Crippen LogP contribution is 2.50. The Morgan fingerprint density at radius 2 is 1.73 bits per heavy atom. The number of phenolic OH excluding ortho intramolecular Hbond substituents is 1. The number of halogens is 4. The molecule has 1 aliphatic heterocycles. The number of alkyl halides is 3. The molecule has 1 N–H and O–H groups in total. The van der Waals surface area contributed by atoms with Gasteiger partial charge in [0.25, 0.3) is 0 Å². The second-order valence-electron chi connectivity index (χ2n) is 12.0. The molecule has 0 amide bonds. The average Bonchev–Trinajstić information content (AvgIpc) is 3.58. The highest BCUT2D eigenvalue weighted by Gasteiger charge is 2.56. The Labute approximate surface area is 234 Å². The lowest BCUT2D eigenvalue weighted by Gasteiger charge is -2.34. The summed E-state index contributed by atoms with van der Waals surface area (Å²) in [5.74, 6) is 0.646. The van der Waals surface area contributed by atoms with Crippen LogP contribution in [0.25, 0.3) is 32.9 Å². The van der Waals surface area contributed by atoms with Crippen molar-refractivity contribution in [3.63, 3.8) is 0 Å². The fraction of sp³-hybridized carbons (Fsp3) is 0.452. The van der Waals surface area contributed by atoms with Crippen LogP contribution < -0.4 is 9.64 Å². The molecule has 4 aromatic rings. The van der Waals surface area contributed by atoms with Gasteiger partial charge in [0.1, 0.15) is 34.8 Å². The third kappa shape index (κ3) is 4.51. The number of aromatic nitrogens is 3. The molecule has 2 aromatic carbocycles. The minimum atomic E-state index is -4.42. The number of fused-ring (bicyclic) bond motifs is 4. The summed E-state index contributed by atoms with van der Waals surface area (Å²) in [6.45, 7) is 0.855. The van der Waals surface area contributed by atoms with E-state index in [9.17, 15) is 18.3 Å². The number of benzene rings is 2. The first-order valence-electron chi connectivity index (χ1n) is 14.2. The SMILES string of the molecule is Oc1cc(-c2ncc3c(N4CC5CCC(C5)C4)nc(OCC4(C(F)(F)F)CCCC4)nc3c2F)c2ccccc2c1. The number of hydrogen-bond acceptors (Lipinski definition) is 6. The molecule has 7 rings (SSSR count). The van der Waals surface area contributed by atoms with Gasteiger partial charge < -0.3 is 14.7 Å². The average molecular weight is 567 g/mol. The molecule has 2 saturated carbocycles. The molecule has 214 valence electrons. The van der Waals surface area contributed by atoms with E-state index < -0.39 is 24.0 Å². The lowest BCUT2D eigenvalue weighted by Crippen LogP contribution is -2.41. The van der Waals surface area contributed by atoms with Crippen LogP contribution in [-0.4, -0.2) is 45.9 Å². The number of piperidine rings is 1. The van der Waals surface area contributed by atoms with Crippen molar-refractivity contribution in [2.45, 2.75) is 51.1 Å². The summed E-state index contributed by atoms with van der Waals surface area (Å²) in [6, 6.07) is 10.0. The molecule has 2 aliphatic carbocycles. The second-order valence-corrected chi connectivity index (χ2v) is 12.0. The van der Waals surface area contributed by atoms with Crippen LogP contribution in [0.3, 0.4) is 0 Å². The number of ether oxygens (including phenoxy) is 1. The van der Waals surface area contributed by atoms with Crippen LogP contribution in [0.1, 0.15) is 44.9 Å². The summed E-state index contributed by atoms with van der Waals surface area (Å²) >= 11 is 0. The highest BCUT2D eigenvalue weighted by molar-refractivity contribution is 5.99. The van der Waals surface area contributed by atoms with Crippen molar-refractivity contribution in [3.8, 4) is 23.0 Å². The molecule has 0 radical (unpaired) electrons. The van der Waals surface area contributed by atoms with E-state index in [0.717, 1.165) is 32.4 Å². The first kappa shape index (κ1) is 26.2. The van der Waals surface area contributed by atoms with Gasteiger partial charge in [-0.1, -0.05) is 37.1 Å². The normalized spacial score (nSPS) is 22.1. The molecule has 41 heavy (non-hydrogen) atoms. The Morgan fingerprint density at radius 3 is 2.46 bits per heavy atom. The molecule has 1 saturated heterocycles. The van der Waals surface area contributed by atoms with Crippen molar-refractivity contribution in [2.75, 3.05) is 24.6 Å². The van der Waals surface area contributed by atoms with Gasteiger partial charge in [0.15, 0.2) is 5.82 Å². The lowest BCUT2D eigenvalue weighted by atomic mass is 9.86. The fourth-order valence-electron chi connectivity index (χ4n) is 7.15. The monoisotopic (exact) mass is 566 g/mol. The Balaban J connectivity index is 1.36. The van der Waals surface area contributed by atoms with E-state index in [2.05, 4.69) is 19.9 Å². The maximum Gasteiger partial charge on any atom is 0.397 e. The number of aromatic hydroxyl groups is 1. The van der Waals surface area contributed by atoms with Gasteiger partial charge in [-0.25, -0.2) is 4.39 Å². The zero-order chi connectivity index (χ0) is 28.4. The third-order valence-electron chi connectivity index (χ3n) is 9.29. The maximum absolute atomic E-state index is 16.4. The summed E-state index contributed by atoms with van der Waals surface area (Å²) in [6.07, 6.45) is 1.39. The zero-order valence-electron chi connectivity index (χ0n) is 22.4. The standard InChI is InChI=1S/C31H30F4N4O2/c32-25-26(23-13-21(40)12-20-5-1-2-6-22(20)23)36-14-24-27(25)37-29(41-17-30(31(33,34)35)9-3-4-10-30)38-28(24)39-15-18-7-8-19(11-18)16-39/h1-2,5-6,12-14,18-19,40H,3-4,7-11,15-17H2. The second kappa shape index (κ2) is 9.70. The molecule has 2 bridgehead atoms. The van der Waals surface area contributed by atoms with Gasteiger partial charge >= 0.3 is 12.2 Å². The minimum absolute atomic E-state index is 0.0125. The lowest BCUT2D eigenvalue weighted by molar-refractivity contribution is -0.231. The van der Waals surface area contributed by atoms with Gasteiger partial charge in [0, 0.05) is 24.8 Å². The van der Waals surface area contributed by atoms with Crippen LogP contribution in [0.2, 0.25) is 0 Å². The van der Waals surface area contributed by atoms with E-state index in [1.807, 2.05) is 24.3 Å². The molecule has 3 heterocycles. The Bertz CT molecular complexity index is 1620. The van der Waals surface area contributed by atoms with Crippen molar-refractivity contribution in [3.05, 3.63) is 48.4 Å². The number of phenols is 1. The van der Waals surface area contributed by atoms with E-state index in [4.69, 9.17) is 4.74 Å². The van der Waals surface area contributed by atoms with Crippen LogP contribution in [-0.2, 0) is 0 Å². The van der Waals surface area contributed by atoms with Gasteiger partial charge in [-0.2, -0.15) is 23.1 Å². The minimum Gasteiger partial charge on any atom is -0.508 e. The van der Waals surface area contributed by atoms with E-state index in [0.29, 0.717) is 52.2 Å². The largest absolute Gasteiger partial charge is 0.508 e. The van der Waals surface area contributed by atoms with Gasteiger partial charge in [0.2, 0.25) is 0 Å². The molecule has 2 aromatic heterocycles. The number of pyridine rings is 1. The van der Waals surface area contributed by atoms with Crippen molar-refractivity contribution in [1.82, 2.24) is 15.0 Å². The van der Waals surface area contributed by atoms with Gasteiger partial charge in [-0.05, 0) is 66.8 Å². The van der Waals surface area contributed by atoms with Crippen LogP contribution >= 0.6 is 0 Å². The Hall–Kier alpha value is -3.69. The molecule has 10 heteroatoms. The van der Waals surface area contributed by atoms with Gasteiger partial charge in [0.05, 0.1) is 5.39 Å². The number of nitrogens with zero attached hydrogens (tertiary/aromatic N) is 4. The third-order valence-corrected chi connectivity index (χ3v) is 9.29. The number of hydrogen-bond donors (Lipinski definition) is 1. The van der Waals surface area contributed by atoms with E-state index in [1.165, 1.54) is 12.3 Å². The van der Waals surface area contributed by atoms with Crippen LogP contribution in [0.5, 0.6) is 11.8 Å². The first-order chi connectivity index (χ1) is 19.7. The molecule has 0 spiro atoms. The first-order valence-corrected chi connectivity index (χ1v) is 14.2. The van der Waals surface area contributed by atoms with Crippen molar-refractivity contribution < 1.29 is 27.4 Å². The quantitative estimate of drug-likeness (QED) is 0.254. The molecule has 3 aliphatic rings. The predicted molar refractivity (Wildman–Crippen MR) is 147 cm³/mol. The molecule has 2 unspecified atom stereocenters. The van der Waals surface area contributed by atoms with Crippen LogP contribution in [0.4, 0.5) is 23.4 Å². The topological polar surface area (TPSA) is 71.4 Å². The molecular formula is C31H30F4N4O2. The summed E-state index contributed by atoms with van der Waals surface area (Å²) < 4.78 is 64.4. The van der Waals surface area contributed by atoms with Crippen molar-refractivity contribution in [2.24, 2.45) is 17.3 Å². The zero-order valence-corrected chi connectivity index (χ0v) is 22.4. The van der Waals surface area contributed by atoms with Crippen molar-refractivity contribution >= 4 is 27.5 Å². The van der Waals surface area contributed by atoms with Crippen molar-refractivity contribution in [1.29, 1.82) is 0 Å². The summed E-state index contributed by atoms with van der Waals surface area (Å²) in [5, 5.41) is 12.2. The number of rotatable bonds is 5. The molecular weight excluding hydrogens is 536 g/mol. The Kier molecular flexibility index (Phi) is 6.21. The Morgan fingerprint density at radius 1 is 1.00 bits per heavy atom. The molecule has 6 nitrogen and oxygen atoms in total. The predicted octanol–water partition coefficient (Wildman–Crippen LogP) is 7.43. The maximum atomic E-state index is 16.4. The molecule has 3 fully saturated rings. The molecule has 2 atom stereocenters. The summed E-state index contributed by atoms with van der Waals surface area (Å²) in [7, 11) is 0. The van der Waals surface area contributed by atoms with Gasteiger partial charge in [-0.15, -0.1) is 0 Å². The van der Waals surface area contributed by atoms with Crippen LogP contribution in [0, 0.1) is 23.1 Å². The van der Waals surface area contributed by atoms with E-state index in [1.54, 1.807) is 6.07 Å². The summed E-state index contributed by atoms with van der Waals surface area (Å²) in [4.78, 5) is 15.5. The summed E-state index contributed by atoms with van der Waals surface area (Å²) in [5.41, 5.74) is -1.65. The number of anilines is 1. The van der Waals surface area contributed by atoms with E-state index in [-0.39, 0.29) is 35.8 Å². The van der Waals surface area contributed by atoms with E-state index >= 15 is 4.39 Å². The highest BCUT2D eigenvalue weighted by atomic mass is 19.4. The van der Waals surface area contributed by atoms with Crippen LogP contribution in [0.15, 0.2) is 42.6 Å². The smallest absolute Gasteiger partial charge is 0.397 e. The fourth-order valence-corrected chi connectivity index (χ4v) is 7.15. The van der Waals surface area contributed by atoms with Gasteiger partial charge in [-0.3, -0.25) is 4.98 Å².